The molecule has 1 unspecified atom stereocenters. The molecule has 1 atom stereocenters. The summed E-state index contributed by atoms with van der Waals surface area (Å²) in [5, 5.41) is 1.07. The highest BCUT2D eigenvalue weighted by atomic mass is 31.2. The molecule has 0 saturated heterocycles. The van der Waals surface area contributed by atoms with Gasteiger partial charge >= 0.3 is 0 Å². The molecule has 2 nitrogen and oxygen atoms in total. The van der Waals surface area contributed by atoms with Gasteiger partial charge in [-0.1, -0.05) is 32.0 Å². The van der Waals surface area contributed by atoms with Crippen LogP contribution < -0.4 is 5.30 Å². The Bertz CT molecular complexity index is 400. The van der Waals surface area contributed by atoms with Gasteiger partial charge in [0.15, 0.2) is 7.29 Å². The van der Waals surface area contributed by atoms with Gasteiger partial charge in [-0.15, -0.1) is 0 Å². The van der Waals surface area contributed by atoms with Crippen molar-refractivity contribution in [3.63, 3.8) is 0 Å². The van der Waals surface area contributed by atoms with Crippen LogP contribution in [0.25, 0.3) is 0 Å². The van der Waals surface area contributed by atoms with Gasteiger partial charge in [-0.25, -0.2) is 4.67 Å². The predicted molar refractivity (Wildman–Crippen MR) is 60.3 cm³/mol. The predicted octanol–water partition coefficient (Wildman–Crippen LogP) is 2.44. The Kier molecular flexibility index (Phi) is 2.29. The van der Waals surface area contributed by atoms with Crippen molar-refractivity contribution in [1.82, 2.24) is 4.67 Å². The summed E-state index contributed by atoms with van der Waals surface area (Å²) in [6.45, 7) is 4.91. The standard InChI is InChI=1S/C11H16NOP/c1-9(2)14(13)11-7-5-4-6-10(11)8-12(14)3/h4-7,9H,8H2,1-3H3. The lowest BCUT2D eigenvalue weighted by Crippen LogP contribution is -2.18. The van der Waals surface area contributed by atoms with Crippen LogP contribution >= 0.6 is 7.29 Å². The maximum absolute atomic E-state index is 12.8. The molecule has 14 heavy (non-hydrogen) atoms. The Hall–Kier alpha value is -0.590. The van der Waals surface area contributed by atoms with Crippen LogP contribution in [-0.2, 0) is 11.1 Å². The molecule has 0 radical (unpaired) electrons. The molecule has 1 aliphatic rings. The highest BCUT2D eigenvalue weighted by molar-refractivity contribution is 7.70. The molecule has 0 aromatic heterocycles. The van der Waals surface area contributed by atoms with E-state index in [0.717, 1.165) is 11.8 Å². The Morgan fingerprint density at radius 3 is 2.64 bits per heavy atom. The van der Waals surface area contributed by atoms with E-state index in [1.807, 2.05) is 43.8 Å². The molecule has 0 aliphatic carbocycles. The average molecular weight is 209 g/mol. The SMILES string of the molecule is CC(C)P1(=O)c2ccccc2CN1C. The van der Waals surface area contributed by atoms with Crippen molar-refractivity contribution in [2.75, 3.05) is 7.05 Å². The van der Waals surface area contributed by atoms with Gasteiger partial charge in [0.25, 0.3) is 0 Å². The number of fused-ring (bicyclic) bond motifs is 1. The summed E-state index contributed by atoms with van der Waals surface area (Å²) in [4.78, 5) is 0. The smallest absolute Gasteiger partial charge is 0.181 e. The average Bonchev–Trinajstić information content (AvgIpc) is 2.41. The maximum atomic E-state index is 12.8. The molecule has 76 valence electrons. The van der Waals surface area contributed by atoms with Gasteiger partial charge in [0.2, 0.25) is 0 Å². The van der Waals surface area contributed by atoms with E-state index in [1.165, 1.54) is 5.56 Å². The van der Waals surface area contributed by atoms with Crippen molar-refractivity contribution in [2.24, 2.45) is 0 Å². The molecule has 1 aliphatic heterocycles. The highest BCUT2D eigenvalue weighted by Gasteiger charge is 2.40. The van der Waals surface area contributed by atoms with E-state index in [0.29, 0.717) is 0 Å². The first-order valence-electron chi connectivity index (χ1n) is 4.96. The molecule has 0 N–H and O–H groups in total. The Balaban J connectivity index is 2.60. The third-order valence-electron chi connectivity index (χ3n) is 2.94. The van der Waals surface area contributed by atoms with Crippen LogP contribution in [-0.4, -0.2) is 17.4 Å². The van der Waals surface area contributed by atoms with Gasteiger partial charge < -0.3 is 4.57 Å². The van der Waals surface area contributed by atoms with Gasteiger partial charge in [-0.05, 0) is 18.7 Å². The van der Waals surface area contributed by atoms with Crippen molar-refractivity contribution >= 4 is 12.6 Å². The first kappa shape index (κ1) is 9.95. The lowest BCUT2D eigenvalue weighted by Gasteiger charge is -2.24. The molecule has 0 bridgehead atoms. The third-order valence-corrected chi connectivity index (χ3v) is 6.63. The summed E-state index contributed by atoms with van der Waals surface area (Å²) < 4.78 is 14.8. The van der Waals surface area contributed by atoms with E-state index < -0.39 is 7.29 Å². The highest BCUT2D eigenvalue weighted by Crippen LogP contribution is 2.56. The molecule has 0 amide bonds. The van der Waals surface area contributed by atoms with E-state index in [9.17, 15) is 4.57 Å². The van der Waals surface area contributed by atoms with Crippen molar-refractivity contribution in [2.45, 2.75) is 26.1 Å². The Morgan fingerprint density at radius 2 is 2.00 bits per heavy atom. The van der Waals surface area contributed by atoms with Crippen molar-refractivity contribution in [3.8, 4) is 0 Å². The summed E-state index contributed by atoms with van der Waals surface area (Å²) in [5.74, 6) is 0. The molecule has 0 spiro atoms. The maximum Gasteiger partial charge on any atom is 0.181 e. The summed E-state index contributed by atoms with van der Waals surface area (Å²) in [6.07, 6.45) is 0. The van der Waals surface area contributed by atoms with E-state index in [-0.39, 0.29) is 5.66 Å². The van der Waals surface area contributed by atoms with Gasteiger partial charge in [0.05, 0.1) is 0 Å². The first-order chi connectivity index (χ1) is 6.56. The number of hydrogen-bond acceptors (Lipinski definition) is 1. The molecule has 3 heteroatoms. The third kappa shape index (κ3) is 1.18. The lowest BCUT2D eigenvalue weighted by molar-refractivity contribution is 0.479. The minimum absolute atomic E-state index is 0.205. The van der Waals surface area contributed by atoms with E-state index in [2.05, 4.69) is 6.07 Å². The second kappa shape index (κ2) is 3.22. The van der Waals surface area contributed by atoms with E-state index >= 15 is 0 Å². The van der Waals surface area contributed by atoms with Crippen LogP contribution in [0, 0.1) is 0 Å². The molecular formula is C11H16NOP. The van der Waals surface area contributed by atoms with Gasteiger partial charge in [0.1, 0.15) is 0 Å². The summed E-state index contributed by atoms with van der Waals surface area (Å²) in [7, 11) is -0.331. The molecule has 0 fully saturated rings. The first-order valence-corrected chi connectivity index (χ1v) is 6.69. The zero-order valence-corrected chi connectivity index (χ0v) is 9.79. The molecule has 1 heterocycles. The van der Waals surface area contributed by atoms with Crippen LogP contribution in [0.15, 0.2) is 24.3 Å². The molecule has 0 saturated carbocycles. The monoisotopic (exact) mass is 209 g/mol. The fourth-order valence-electron chi connectivity index (χ4n) is 2.16. The van der Waals surface area contributed by atoms with Gasteiger partial charge in [0, 0.05) is 17.5 Å². The lowest BCUT2D eigenvalue weighted by atomic mass is 10.2. The number of rotatable bonds is 1. The number of hydrogen-bond donors (Lipinski definition) is 0. The number of benzene rings is 1. The van der Waals surface area contributed by atoms with Crippen LogP contribution in [0.2, 0.25) is 0 Å². The van der Waals surface area contributed by atoms with E-state index in [4.69, 9.17) is 0 Å². The summed E-state index contributed by atoms with van der Waals surface area (Å²) in [5.41, 5.74) is 1.43. The van der Waals surface area contributed by atoms with Gasteiger partial charge in [-0.3, -0.25) is 0 Å². The second-order valence-electron chi connectivity index (χ2n) is 4.16. The van der Waals surface area contributed by atoms with Gasteiger partial charge in [-0.2, -0.15) is 0 Å². The van der Waals surface area contributed by atoms with Crippen LogP contribution in [0.3, 0.4) is 0 Å². The molecule has 2 rings (SSSR count). The quantitative estimate of drug-likeness (QED) is 0.662. The molecule has 1 aromatic rings. The minimum atomic E-state index is -2.29. The van der Waals surface area contributed by atoms with Crippen LogP contribution in [0.4, 0.5) is 0 Å². The molecular weight excluding hydrogens is 193 g/mol. The zero-order valence-electron chi connectivity index (χ0n) is 8.90. The van der Waals surface area contributed by atoms with E-state index in [1.54, 1.807) is 0 Å². The largest absolute Gasteiger partial charge is 0.301 e. The topological polar surface area (TPSA) is 20.3 Å². The minimum Gasteiger partial charge on any atom is -0.301 e. The van der Waals surface area contributed by atoms with Crippen molar-refractivity contribution in [3.05, 3.63) is 29.8 Å². The number of nitrogens with zero attached hydrogens (tertiary/aromatic N) is 1. The Labute approximate surface area is 85.4 Å². The van der Waals surface area contributed by atoms with Crippen LogP contribution in [0.1, 0.15) is 19.4 Å². The van der Waals surface area contributed by atoms with Crippen molar-refractivity contribution < 1.29 is 4.57 Å². The Morgan fingerprint density at radius 1 is 1.36 bits per heavy atom. The summed E-state index contributed by atoms with van der Waals surface area (Å²) >= 11 is 0. The second-order valence-corrected chi connectivity index (χ2v) is 7.60. The fraction of sp³-hybridized carbons (Fsp3) is 0.455. The fourth-order valence-corrected chi connectivity index (χ4v) is 5.10. The molecule has 1 aromatic carbocycles. The van der Waals surface area contributed by atoms with Crippen molar-refractivity contribution in [1.29, 1.82) is 0 Å². The zero-order chi connectivity index (χ0) is 10.3. The normalized spacial score (nSPS) is 26.9. The summed E-state index contributed by atoms with van der Waals surface area (Å²) in [6, 6.07) is 8.09. The van der Waals surface area contributed by atoms with Crippen LogP contribution in [0.5, 0.6) is 0 Å².